The molecule has 1 aliphatic carbocycles. The molecular weight excluding hydrogens is 368 g/mol. The fourth-order valence-electron chi connectivity index (χ4n) is 3.32. The zero-order valence-corrected chi connectivity index (χ0v) is 16.5. The van der Waals surface area contributed by atoms with Crippen molar-refractivity contribution in [3.63, 3.8) is 0 Å². The van der Waals surface area contributed by atoms with E-state index in [-0.39, 0.29) is 5.91 Å². The first-order valence-corrected chi connectivity index (χ1v) is 11.0. The van der Waals surface area contributed by atoms with Crippen LogP contribution in [0.15, 0.2) is 22.5 Å². The quantitative estimate of drug-likeness (QED) is 0.511. The van der Waals surface area contributed by atoms with Gasteiger partial charge in [0.05, 0.1) is 22.1 Å². The van der Waals surface area contributed by atoms with Crippen LogP contribution in [0.4, 0.5) is 5.69 Å². The van der Waals surface area contributed by atoms with Crippen molar-refractivity contribution in [1.29, 1.82) is 0 Å². The summed E-state index contributed by atoms with van der Waals surface area (Å²) >= 11 is 3.41. The molecule has 26 heavy (non-hydrogen) atoms. The summed E-state index contributed by atoms with van der Waals surface area (Å²) in [6.07, 6.45) is 5.37. The van der Waals surface area contributed by atoms with Crippen LogP contribution in [0.3, 0.4) is 0 Å². The molecule has 1 aliphatic rings. The van der Waals surface area contributed by atoms with Crippen LogP contribution < -0.4 is 5.32 Å². The fraction of sp³-hybridized carbons (Fsp3) is 0.526. The smallest absolute Gasteiger partial charge is 0.307 e. The molecule has 0 unspecified atom stereocenters. The first-order chi connectivity index (χ1) is 12.6. The third-order valence-corrected chi connectivity index (χ3v) is 7.03. The van der Waals surface area contributed by atoms with Gasteiger partial charge in [-0.25, -0.2) is 4.98 Å². The van der Waals surface area contributed by atoms with Crippen molar-refractivity contribution in [2.24, 2.45) is 11.8 Å². The van der Waals surface area contributed by atoms with E-state index in [2.05, 4.69) is 17.2 Å². The number of benzene rings is 1. The van der Waals surface area contributed by atoms with Crippen LogP contribution in [0.5, 0.6) is 0 Å². The number of nitrogens with zero attached hydrogens (tertiary/aromatic N) is 1. The monoisotopic (exact) mass is 392 g/mol. The Morgan fingerprint density at radius 1 is 1.31 bits per heavy atom. The number of hydrogen-bond donors (Lipinski definition) is 2. The lowest BCUT2D eigenvalue weighted by Crippen LogP contribution is -2.36. The minimum Gasteiger partial charge on any atom is -0.481 e. The Hall–Kier alpha value is -1.60. The van der Waals surface area contributed by atoms with E-state index in [1.807, 2.05) is 18.2 Å². The number of aromatic nitrogens is 1. The molecule has 1 aromatic heterocycles. The van der Waals surface area contributed by atoms with Gasteiger partial charge in [0.1, 0.15) is 0 Å². The molecule has 0 aliphatic heterocycles. The zero-order chi connectivity index (χ0) is 18.5. The maximum atomic E-state index is 12.6. The Bertz CT molecular complexity index is 790. The summed E-state index contributed by atoms with van der Waals surface area (Å²) in [6, 6.07) is 5.70. The average molecular weight is 393 g/mol. The molecule has 1 amide bonds. The second-order valence-corrected chi connectivity index (χ2v) is 9.06. The third-order valence-electron chi connectivity index (χ3n) is 4.78. The van der Waals surface area contributed by atoms with Gasteiger partial charge < -0.3 is 10.4 Å². The van der Waals surface area contributed by atoms with Crippen LogP contribution in [0.2, 0.25) is 0 Å². The lowest BCUT2D eigenvalue weighted by Gasteiger charge is -2.27. The van der Waals surface area contributed by atoms with Gasteiger partial charge in [0.25, 0.3) is 0 Å². The van der Waals surface area contributed by atoms with Gasteiger partial charge in [-0.15, -0.1) is 11.3 Å². The highest BCUT2D eigenvalue weighted by Gasteiger charge is 2.35. The van der Waals surface area contributed by atoms with Gasteiger partial charge in [0.2, 0.25) is 5.91 Å². The highest BCUT2D eigenvalue weighted by atomic mass is 32.2. The van der Waals surface area contributed by atoms with Crippen LogP contribution in [-0.4, -0.2) is 27.7 Å². The van der Waals surface area contributed by atoms with Crippen LogP contribution >= 0.6 is 23.1 Å². The van der Waals surface area contributed by atoms with Gasteiger partial charge >= 0.3 is 5.97 Å². The van der Waals surface area contributed by atoms with Crippen molar-refractivity contribution in [1.82, 2.24) is 4.98 Å². The van der Waals surface area contributed by atoms with E-state index in [0.29, 0.717) is 18.5 Å². The number of nitrogens with one attached hydrogen (secondary N) is 1. The maximum Gasteiger partial charge on any atom is 0.307 e. The number of carbonyl (C=O) groups is 2. The molecule has 3 rings (SSSR count). The molecule has 1 aromatic carbocycles. The van der Waals surface area contributed by atoms with E-state index in [0.717, 1.165) is 33.2 Å². The number of carbonyl (C=O) groups excluding carboxylic acids is 1. The molecule has 5 nitrogen and oxygen atoms in total. The number of carboxylic acid groups (broad SMARTS) is 1. The summed E-state index contributed by atoms with van der Waals surface area (Å²) in [5, 5.41) is 12.3. The highest BCUT2D eigenvalue weighted by Crippen LogP contribution is 2.33. The third kappa shape index (κ3) is 4.57. The lowest BCUT2D eigenvalue weighted by molar-refractivity contribution is -0.147. The summed E-state index contributed by atoms with van der Waals surface area (Å²) in [5.41, 5.74) is 1.65. The SMILES string of the molecule is CCCCSc1nc2ccc(NC(=O)[C@@H]3CCCC[C@@H]3C(=O)O)cc2s1. The number of anilines is 1. The summed E-state index contributed by atoms with van der Waals surface area (Å²) < 4.78 is 2.09. The number of carboxylic acids is 1. The van der Waals surface area contributed by atoms with Crippen molar-refractivity contribution < 1.29 is 14.7 Å². The molecule has 1 heterocycles. The molecule has 2 atom stereocenters. The van der Waals surface area contributed by atoms with E-state index in [1.165, 1.54) is 12.8 Å². The van der Waals surface area contributed by atoms with Crippen molar-refractivity contribution in [2.75, 3.05) is 11.1 Å². The van der Waals surface area contributed by atoms with Gasteiger partial charge in [-0.2, -0.15) is 0 Å². The summed E-state index contributed by atoms with van der Waals surface area (Å²) in [4.78, 5) is 28.6. The van der Waals surface area contributed by atoms with Gasteiger partial charge in [0, 0.05) is 11.4 Å². The first-order valence-electron chi connectivity index (χ1n) is 9.15. The fourth-order valence-corrected chi connectivity index (χ4v) is 5.58. The van der Waals surface area contributed by atoms with Crippen molar-refractivity contribution in [2.45, 2.75) is 49.8 Å². The number of unbranched alkanes of at least 4 members (excludes halogenated alkanes) is 1. The number of aliphatic carboxylic acids is 1. The second-order valence-electron chi connectivity index (χ2n) is 6.69. The van der Waals surface area contributed by atoms with E-state index < -0.39 is 17.8 Å². The Morgan fingerprint density at radius 2 is 2.08 bits per heavy atom. The number of hydrogen-bond acceptors (Lipinski definition) is 5. The normalized spacial score (nSPS) is 20.2. The van der Waals surface area contributed by atoms with Crippen LogP contribution in [-0.2, 0) is 9.59 Å². The minimum absolute atomic E-state index is 0.182. The predicted molar refractivity (Wildman–Crippen MR) is 107 cm³/mol. The maximum absolute atomic E-state index is 12.6. The Balaban J connectivity index is 1.69. The Labute approximate surface area is 161 Å². The number of amides is 1. The largest absolute Gasteiger partial charge is 0.481 e. The molecular formula is C19H24N2O3S2. The van der Waals surface area contributed by atoms with Crippen LogP contribution in [0.25, 0.3) is 10.2 Å². The molecule has 1 saturated carbocycles. The predicted octanol–water partition coefficient (Wildman–Crippen LogP) is 5.02. The Kier molecular flexibility index (Phi) is 6.53. The molecule has 2 N–H and O–H groups in total. The molecule has 2 aromatic rings. The van der Waals surface area contributed by atoms with Crippen LogP contribution in [0.1, 0.15) is 45.4 Å². The molecule has 0 radical (unpaired) electrons. The summed E-state index contributed by atoms with van der Waals surface area (Å²) in [5.74, 6) is -0.996. The molecule has 0 saturated heterocycles. The number of thiazole rings is 1. The average Bonchev–Trinajstić information content (AvgIpc) is 3.04. The number of rotatable bonds is 7. The van der Waals surface area contributed by atoms with Crippen molar-refractivity contribution >= 4 is 50.9 Å². The molecule has 0 spiro atoms. The van der Waals surface area contributed by atoms with E-state index in [4.69, 9.17) is 0 Å². The summed E-state index contributed by atoms with van der Waals surface area (Å²) in [7, 11) is 0. The van der Waals surface area contributed by atoms with E-state index in [9.17, 15) is 14.7 Å². The molecule has 1 fully saturated rings. The topological polar surface area (TPSA) is 79.3 Å². The van der Waals surface area contributed by atoms with Gasteiger partial charge in [-0.05, 0) is 37.5 Å². The van der Waals surface area contributed by atoms with Gasteiger partial charge in [-0.3, -0.25) is 9.59 Å². The standard InChI is InChI=1S/C19H24N2O3S2/c1-2-3-10-25-19-21-15-9-8-12(11-16(15)26-19)20-17(22)13-6-4-5-7-14(13)18(23)24/h8-9,11,13-14H,2-7,10H2,1H3,(H,20,22)(H,23,24)/t13-,14+/m1/s1. The first kappa shape index (κ1) is 19.2. The highest BCUT2D eigenvalue weighted by molar-refractivity contribution is 8.01. The van der Waals surface area contributed by atoms with E-state index in [1.54, 1.807) is 23.1 Å². The molecule has 0 bridgehead atoms. The Morgan fingerprint density at radius 3 is 2.81 bits per heavy atom. The summed E-state index contributed by atoms with van der Waals surface area (Å²) in [6.45, 7) is 2.18. The van der Waals surface area contributed by atoms with Crippen LogP contribution in [0, 0.1) is 11.8 Å². The van der Waals surface area contributed by atoms with Gasteiger partial charge in [-0.1, -0.05) is 37.9 Å². The number of fused-ring (bicyclic) bond motifs is 1. The lowest BCUT2D eigenvalue weighted by atomic mass is 9.78. The molecule has 7 heteroatoms. The van der Waals surface area contributed by atoms with E-state index >= 15 is 0 Å². The zero-order valence-electron chi connectivity index (χ0n) is 14.9. The minimum atomic E-state index is -0.864. The molecule has 140 valence electrons. The number of thioether (sulfide) groups is 1. The van der Waals surface area contributed by atoms with Gasteiger partial charge in [0.15, 0.2) is 4.34 Å². The van der Waals surface area contributed by atoms with Crippen molar-refractivity contribution in [3.8, 4) is 0 Å². The van der Waals surface area contributed by atoms with Crippen molar-refractivity contribution in [3.05, 3.63) is 18.2 Å². The second kappa shape index (κ2) is 8.86.